The maximum atomic E-state index is 10.8. The van der Waals surface area contributed by atoms with Crippen molar-refractivity contribution in [3.63, 3.8) is 0 Å². The fourth-order valence-corrected chi connectivity index (χ4v) is 1.16. The number of carbonyl (C=O) groups excluding carboxylic acids is 1. The summed E-state index contributed by atoms with van der Waals surface area (Å²) in [5, 5.41) is 0. The van der Waals surface area contributed by atoms with Gasteiger partial charge in [-0.15, -0.1) is 0 Å². The van der Waals surface area contributed by atoms with Gasteiger partial charge in [-0.2, -0.15) is 0 Å². The summed E-state index contributed by atoms with van der Waals surface area (Å²) in [5.74, 6) is 0.185. The first-order chi connectivity index (χ1) is 8.74. The van der Waals surface area contributed by atoms with Crippen LogP contribution in [0.2, 0.25) is 0 Å². The summed E-state index contributed by atoms with van der Waals surface area (Å²) in [4.78, 5) is 10.8. The summed E-state index contributed by atoms with van der Waals surface area (Å²) in [7, 11) is 0. The Morgan fingerprint density at radius 2 is 1.50 bits per heavy atom. The second-order valence-electron chi connectivity index (χ2n) is 2.78. The first-order valence-corrected chi connectivity index (χ1v) is 6.94. The minimum absolute atomic E-state index is 0.185. The smallest absolute Gasteiger partial charge is 0.134 e. The number of hydrogen-bond donors (Lipinski definition) is 0. The van der Waals surface area contributed by atoms with Crippen LogP contribution in [0.15, 0.2) is 30.8 Å². The van der Waals surface area contributed by atoms with E-state index in [1.54, 1.807) is 13.0 Å². The summed E-state index contributed by atoms with van der Waals surface area (Å²) >= 11 is 0. The van der Waals surface area contributed by atoms with Crippen molar-refractivity contribution in [2.24, 2.45) is 0 Å². The molecule has 0 fully saturated rings. The maximum Gasteiger partial charge on any atom is 0.134 e. The molecule has 0 radical (unpaired) electrons. The van der Waals surface area contributed by atoms with Gasteiger partial charge < -0.3 is 0 Å². The van der Waals surface area contributed by atoms with Crippen LogP contribution in [-0.4, -0.2) is 5.78 Å². The second-order valence-corrected chi connectivity index (χ2v) is 2.78. The van der Waals surface area contributed by atoms with E-state index in [9.17, 15) is 4.79 Å². The van der Waals surface area contributed by atoms with Gasteiger partial charge in [0.1, 0.15) is 5.78 Å². The highest BCUT2D eigenvalue weighted by Crippen LogP contribution is 2.10. The Morgan fingerprint density at radius 3 is 1.89 bits per heavy atom. The minimum Gasteiger partial charge on any atom is -0.300 e. The molecule has 1 heteroatoms. The molecule has 0 aliphatic heterocycles. The van der Waals surface area contributed by atoms with Gasteiger partial charge in [0, 0.05) is 6.42 Å². The molecule has 0 bridgehead atoms. The molecule has 18 heavy (non-hydrogen) atoms. The summed E-state index contributed by atoms with van der Waals surface area (Å²) in [6.07, 6.45) is 2.28. The molecule has 0 amide bonds. The van der Waals surface area contributed by atoms with Gasteiger partial charge in [0.15, 0.2) is 0 Å². The largest absolute Gasteiger partial charge is 0.300 e. The van der Waals surface area contributed by atoms with Gasteiger partial charge in [0.05, 0.1) is 0 Å². The SMILES string of the molecule is C=Cc1ccccc1CC(C)=O.CC.CC.CC. The average molecular weight is 250 g/mol. The molecule has 0 atom stereocenters. The van der Waals surface area contributed by atoms with Crippen LogP contribution in [0.3, 0.4) is 0 Å². The first kappa shape index (κ1) is 21.9. The summed E-state index contributed by atoms with van der Waals surface area (Å²) in [6.45, 7) is 17.3. The van der Waals surface area contributed by atoms with Gasteiger partial charge in [0.25, 0.3) is 0 Å². The number of carbonyl (C=O) groups is 1. The lowest BCUT2D eigenvalue weighted by Crippen LogP contribution is -1.97. The number of hydrogen-bond acceptors (Lipinski definition) is 1. The maximum absolute atomic E-state index is 10.8. The van der Waals surface area contributed by atoms with Crippen LogP contribution in [0.25, 0.3) is 6.08 Å². The number of benzene rings is 1. The van der Waals surface area contributed by atoms with Crippen LogP contribution >= 0.6 is 0 Å². The predicted molar refractivity (Wildman–Crippen MR) is 85.0 cm³/mol. The van der Waals surface area contributed by atoms with Crippen molar-refractivity contribution in [3.8, 4) is 0 Å². The van der Waals surface area contributed by atoms with E-state index in [0.717, 1.165) is 11.1 Å². The monoisotopic (exact) mass is 250 g/mol. The molecule has 104 valence electrons. The van der Waals surface area contributed by atoms with E-state index in [-0.39, 0.29) is 5.78 Å². The zero-order valence-electron chi connectivity index (χ0n) is 13.2. The third kappa shape index (κ3) is 11.1. The Hall–Kier alpha value is -1.37. The van der Waals surface area contributed by atoms with E-state index >= 15 is 0 Å². The third-order valence-corrected chi connectivity index (χ3v) is 1.71. The van der Waals surface area contributed by atoms with Crippen molar-refractivity contribution in [2.75, 3.05) is 0 Å². The lowest BCUT2D eigenvalue weighted by molar-refractivity contribution is -0.116. The highest BCUT2D eigenvalue weighted by Gasteiger charge is 2.00. The number of rotatable bonds is 3. The van der Waals surface area contributed by atoms with Crippen molar-refractivity contribution >= 4 is 11.9 Å². The minimum atomic E-state index is 0.185. The van der Waals surface area contributed by atoms with Crippen LogP contribution in [0.1, 0.15) is 59.6 Å². The standard InChI is InChI=1S/C11H12O.3C2H6/c1-3-10-6-4-5-7-11(10)8-9(2)12;3*1-2/h3-7H,1,8H2,2H3;3*1-2H3. The van der Waals surface area contributed by atoms with Crippen LogP contribution in [0.5, 0.6) is 0 Å². The molecule has 0 unspecified atom stereocenters. The zero-order valence-corrected chi connectivity index (χ0v) is 13.2. The fourth-order valence-electron chi connectivity index (χ4n) is 1.16. The predicted octanol–water partition coefficient (Wildman–Crippen LogP) is 5.54. The molecular weight excluding hydrogens is 220 g/mol. The molecule has 0 spiro atoms. The van der Waals surface area contributed by atoms with Crippen LogP contribution in [0, 0.1) is 0 Å². The average Bonchev–Trinajstić information content (AvgIpc) is 2.45. The topological polar surface area (TPSA) is 17.1 Å². The van der Waals surface area contributed by atoms with E-state index in [4.69, 9.17) is 0 Å². The summed E-state index contributed by atoms with van der Waals surface area (Å²) in [6, 6.07) is 7.80. The fraction of sp³-hybridized carbons (Fsp3) is 0.471. The van der Waals surface area contributed by atoms with Crippen molar-refractivity contribution < 1.29 is 4.79 Å². The molecule has 0 aromatic heterocycles. The summed E-state index contributed by atoms with van der Waals surface area (Å²) in [5.41, 5.74) is 2.10. The molecule has 1 rings (SSSR count). The lowest BCUT2D eigenvalue weighted by atomic mass is 10.0. The van der Waals surface area contributed by atoms with E-state index in [2.05, 4.69) is 6.58 Å². The van der Waals surface area contributed by atoms with Crippen molar-refractivity contribution in [2.45, 2.75) is 54.9 Å². The third-order valence-electron chi connectivity index (χ3n) is 1.71. The molecule has 0 saturated carbocycles. The molecule has 0 saturated heterocycles. The second kappa shape index (κ2) is 18.0. The highest BCUT2D eigenvalue weighted by atomic mass is 16.1. The lowest BCUT2D eigenvalue weighted by Gasteiger charge is -2.01. The molecule has 1 aromatic carbocycles. The van der Waals surface area contributed by atoms with Gasteiger partial charge in [-0.3, -0.25) is 4.79 Å². The summed E-state index contributed by atoms with van der Waals surface area (Å²) < 4.78 is 0. The van der Waals surface area contributed by atoms with Crippen molar-refractivity contribution in [3.05, 3.63) is 42.0 Å². The van der Waals surface area contributed by atoms with Crippen molar-refractivity contribution in [1.29, 1.82) is 0 Å². The Morgan fingerprint density at radius 1 is 1.06 bits per heavy atom. The highest BCUT2D eigenvalue weighted by molar-refractivity contribution is 5.79. The van der Waals surface area contributed by atoms with Gasteiger partial charge in [-0.05, 0) is 18.1 Å². The van der Waals surface area contributed by atoms with Crippen LogP contribution < -0.4 is 0 Å². The van der Waals surface area contributed by atoms with Gasteiger partial charge in [-0.1, -0.05) is 78.5 Å². The number of Topliss-reactive ketones (excluding diaryl/α,β-unsaturated/α-hetero) is 1. The van der Waals surface area contributed by atoms with Crippen molar-refractivity contribution in [1.82, 2.24) is 0 Å². The van der Waals surface area contributed by atoms with Crippen LogP contribution in [-0.2, 0) is 11.2 Å². The zero-order chi connectivity index (χ0) is 15.0. The van der Waals surface area contributed by atoms with Gasteiger partial charge in [0.2, 0.25) is 0 Å². The molecule has 0 aliphatic rings. The molecule has 1 nitrogen and oxygen atoms in total. The quantitative estimate of drug-likeness (QED) is 0.688. The molecular formula is C17H30O. The van der Waals surface area contributed by atoms with Crippen LogP contribution in [0.4, 0.5) is 0 Å². The Balaban J connectivity index is -0.000000328. The Bertz CT molecular complexity index is 300. The Kier molecular flexibility index (Phi) is 21.9. The number of ketones is 1. The van der Waals surface area contributed by atoms with E-state index in [0.29, 0.717) is 6.42 Å². The van der Waals surface area contributed by atoms with E-state index < -0.39 is 0 Å². The molecule has 1 aromatic rings. The van der Waals surface area contributed by atoms with Gasteiger partial charge >= 0.3 is 0 Å². The van der Waals surface area contributed by atoms with Gasteiger partial charge in [-0.25, -0.2) is 0 Å². The van der Waals surface area contributed by atoms with E-state index in [1.807, 2.05) is 65.8 Å². The molecule has 0 aliphatic carbocycles. The van der Waals surface area contributed by atoms with E-state index in [1.165, 1.54) is 0 Å². The molecule has 0 heterocycles. The normalized spacial score (nSPS) is 7.28. The molecule has 0 N–H and O–H groups in total. The first-order valence-electron chi connectivity index (χ1n) is 6.94. The Labute approximate surface area is 114 Å².